The fourth-order valence-corrected chi connectivity index (χ4v) is 5.26. The monoisotopic (exact) mass is 435 g/mol. The molecule has 0 aliphatic carbocycles. The van der Waals surface area contributed by atoms with Crippen LogP contribution < -0.4 is 0 Å². The van der Waals surface area contributed by atoms with Crippen LogP contribution in [0.2, 0.25) is 0 Å². The minimum atomic E-state index is -3.73. The molecule has 3 aromatic rings. The second-order valence-corrected chi connectivity index (χ2v) is 9.53. The van der Waals surface area contributed by atoms with Gasteiger partial charge in [0, 0.05) is 40.1 Å². The van der Waals surface area contributed by atoms with Gasteiger partial charge >= 0.3 is 0 Å². The van der Waals surface area contributed by atoms with E-state index >= 15 is 0 Å². The highest BCUT2D eigenvalue weighted by Crippen LogP contribution is 2.31. The van der Waals surface area contributed by atoms with Crippen molar-refractivity contribution in [2.75, 3.05) is 12.3 Å². The standard InChI is InChI=1S/C17H14BrN3O2S2/c1-11-2-4-13(5-3-11)25(22,23)21-10-15(17-19-6-7-24-17)14-8-12(18)9-20-16(14)21/h2-5,8-10H,6-7H2,1H3. The smallest absolute Gasteiger partial charge is 0.269 e. The molecular formula is C17H14BrN3O2S2. The third kappa shape index (κ3) is 2.92. The van der Waals surface area contributed by atoms with Gasteiger partial charge in [0.25, 0.3) is 10.0 Å². The molecule has 128 valence electrons. The second-order valence-electron chi connectivity index (χ2n) is 5.72. The molecule has 0 fully saturated rings. The quantitative estimate of drug-likeness (QED) is 0.626. The summed E-state index contributed by atoms with van der Waals surface area (Å²) in [6.45, 7) is 2.67. The van der Waals surface area contributed by atoms with Crippen LogP contribution in [0.15, 0.2) is 57.1 Å². The molecule has 2 aromatic heterocycles. The third-order valence-electron chi connectivity index (χ3n) is 3.97. The molecule has 0 saturated carbocycles. The van der Waals surface area contributed by atoms with E-state index in [1.807, 2.05) is 13.0 Å². The van der Waals surface area contributed by atoms with Crippen molar-refractivity contribution in [3.63, 3.8) is 0 Å². The van der Waals surface area contributed by atoms with Crippen LogP contribution in [0, 0.1) is 6.92 Å². The van der Waals surface area contributed by atoms with E-state index in [-0.39, 0.29) is 4.90 Å². The Kier molecular flexibility index (Phi) is 4.21. The van der Waals surface area contributed by atoms with Gasteiger partial charge in [-0.3, -0.25) is 4.99 Å². The molecule has 0 unspecified atom stereocenters. The van der Waals surface area contributed by atoms with Crippen LogP contribution in [0.25, 0.3) is 11.0 Å². The van der Waals surface area contributed by atoms with Gasteiger partial charge < -0.3 is 0 Å². The van der Waals surface area contributed by atoms with Crippen molar-refractivity contribution in [3.05, 3.63) is 58.3 Å². The highest BCUT2D eigenvalue weighted by molar-refractivity contribution is 9.10. The number of aliphatic imine (C=N–C) groups is 1. The topological polar surface area (TPSA) is 64.3 Å². The molecule has 0 bridgehead atoms. The van der Waals surface area contributed by atoms with Crippen LogP contribution in [0.5, 0.6) is 0 Å². The largest absolute Gasteiger partial charge is 0.277 e. The summed E-state index contributed by atoms with van der Waals surface area (Å²) >= 11 is 5.06. The Labute approximate surface area is 158 Å². The molecule has 1 aliphatic rings. The molecule has 0 amide bonds. The lowest BCUT2D eigenvalue weighted by atomic mass is 10.2. The van der Waals surface area contributed by atoms with Crippen molar-refractivity contribution in [3.8, 4) is 0 Å². The summed E-state index contributed by atoms with van der Waals surface area (Å²) in [5.41, 5.74) is 2.23. The van der Waals surface area contributed by atoms with E-state index in [0.717, 1.165) is 38.3 Å². The molecule has 5 nitrogen and oxygen atoms in total. The van der Waals surface area contributed by atoms with Crippen molar-refractivity contribution in [2.24, 2.45) is 4.99 Å². The Hall–Kier alpha value is -1.64. The maximum absolute atomic E-state index is 13.1. The molecule has 0 radical (unpaired) electrons. The highest BCUT2D eigenvalue weighted by atomic mass is 79.9. The van der Waals surface area contributed by atoms with Crippen LogP contribution in [0.3, 0.4) is 0 Å². The Bertz CT molecular complexity index is 1100. The lowest BCUT2D eigenvalue weighted by molar-refractivity contribution is 0.588. The summed E-state index contributed by atoms with van der Waals surface area (Å²) in [6, 6.07) is 8.72. The van der Waals surface area contributed by atoms with Gasteiger partial charge in [-0.25, -0.2) is 17.4 Å². The van der Waals surface area contributed by atoms with Gasteiger partial charge in [0.2, 0.25) is 0 Å². The van der Waals surface area contributed by atoms with Gasteiger partial charge in [-0.15, -0.1) is 11.8 Å². The molecule has 0 atom stereocenters. The third-order valence-corrected chi connectivity index (χ3v) is 7.08. The van der Waals surface area contributed by atoms with Crippen LogP contribution in [-0.4, -0.2) is 34.7 Å². The predicted molar refractivity (Wildman–Crippen MR) is 105 cm³/mol. The number of benzene rings is 1. The number of halogens is 1. The first kappa shape index (κ1) is 16.8. The van der Waals surface area contributed by atoms with Gasteiger partial charge in [-0.1, -0.05) is 17.7 Å². The molecule has 8 heteroatoms. The molecular weight excluding hydrogens is 422 g/mol. The first-order valence-electron chi connectivity index (χ1n) is 7.63. The summed E-state index contributed by atoms with van der Waals surface area (Å²) in [6.07, 6.45) is 3.24. The number of aromatic nitrogens is 2. The van der Waals surface area contributed by atoms with E-state index in [0.29, 0.717) is 5.65 Å². The lowest BCUT2D eigenvalue weighted by Crippen LogP contribution is -2.12. The molecule has 0 spiro atoms. The van der Waals surface area contributed by atoms with Crippen molar-refractivity contribution >= 4 is 53.8 Å². The lowest BCUT2D eigenvalue weighted by Gasteiger charge is -2.07. The van der Waals surface area contributed by atoms with Crippen LogP contribution in [0.1, 0.15) is 11.1 Å². The molecule has 3 heterocycles. The van der Waals surface area contributed by atoms with Gasteiger partial charge in [0.1, 0.15) is 0 Å². The number of hydrogen-bond acceptors (Lipinski definition) is 5. The molecule has 4 rings (SSSR count). The number of pyridine rings is 1. The normalized spacial score (nSPS) is 14.9. The number of fused-ring (bicyclic) bond motifs is 1. The molecule has 25 heavy (non-hydrogen) atoms. The Morgan fingerprint density at radius 2 is 2.00 bits per heavy atom. The second kappa shape index (κ2) is 6.26. The number of rotatable bonds is 3. The van der Waals surface area contributed by atoms with Gasteiger partial charge in [0.15, 0.2) is 5.65 Å². The number of aryl methyl sites for hydroxylation is 1. The molecule has 1 aliphatic heterocycles. The number of nitrogens with zero attached hydrogens (tertiary/aromatic N) is 3. The van der Waals surface area contributed by atoms with Crippen molar-refractivity contribution in [2.45, 2.75) is 11.8 Å². The molecule has 0 saturated heterocycles. The zero-order valence-corrected chi connectivity index (χ0v) is 16.5. The first-order chi connectivity index (χ1) is 12.0. The fourth-order valence-electron chi connectivity index (χ4n) is 2.73. The van der Waals surface area contributed by atoms with E-state index in [4.69, 9.17) is 0 Å². The fraction of sp³-hybridized carbons (Fsp3) is 0.176. The van der Waals surface area contributed by atoms with Gasteiger partial charge in [0.05, 0.1) is 9.94 Å². The Balaban J connectivity index is 1.97. The summed E-state index contributed by atoms with van der Waals surface area (Å²) in [5.74, 6) is 0.911. The summed E-state index contributed by atoms with van der Waals surface area (Å²) in [7, 11) is -3.73. The average Bonchev–Trinajstić information content (AvgIpc) is 3.22. The Morgan fingerprint density at radius 1 is 1.24 bits per heavy atom. The predicted octanol–water partition coefficient (Wildman–Crippen LogP) is 3.84. The van der Waals surface area contributed by atoms with Gasteiger partial charge in [-0.2, -0.15) is 0 Å². The van der Waals surface area contributed by atoms with E-state index in [1.54, 1.807) is 48.4 Å². The highest BCUT2D eigenvalue weighted by Gasteiger charge is 2.25. The number of hydrogen-bond donors (Lipinski definition) is 0. The summed E-state index contributed by atoms with van der Waals surface area (Å²) < 4.78 is 28.3. The molecule has 0 N–H and O–H groups in total. The van der Waals surface area contributed by atoms with E-state index in [9.17, 15) is 8.42 Å². The SMILES string of the molecule is Cc1ccc(S(=O)(=O)n2cc(C3=NCCS3)c3cc(Br)cnc32)cc1. The Morgan fingerprint density at radius 3 is 2.68 bits per heavy atom. The maximum Gasteiger partial charge on any atom is 0.269 e. The first-order valence-corrected chi connectivity index (χ1v) is 10.8. The minimum Gasteiger partial charge on any atom is -0.277 e. The number of thioether (sulfide) groups is 1. The van der Waals surface area contributed by atoms with Crippen LogP contribution in [0.4, 0.5) is 0 Å². The minimum absolute atomic E-state index is 0.243. The van der Waals surface area contributed by atoms with Crippen molar-refractivity contribution in [1.82, 2.24) is 8.96 Å². The zero-order chi connectivity index (χ0) is 17.6. The van der Waals surface area contributed by atoms with E-state index in [2.05, 4.69) is 25.9 Å². The summed E-state index contributed by atoms with van der Waals surface area (Å²) in [5, 5.41) is 1.64. The maximum atomic E-state index is 13.1. The van der Waals surface area contributed by atoms with Crippen molar-refractivity contribution in [1.29, 1.82) is 0 Å². The average molecular weight is 436 g/mol. The van der Waals surface area contributed by atoms with Crippen LogP contribution >= 0.6 is 27.7 Å². The van der Waals surface area contributed by atoms with E-state index in [1.165, 1.54) is 3.97 Å². The molecule has 1 aromatic carbocycles. The van der Waals surface area contributed by atoms with Crippen molar-refractivity contribution < 1.29 is 8.42 Å². The van der Waals surface area contributed by atoms with Crippen LogP contribution in [-0.2, 0) is 10.0 Å². The summed E-state index contributed by atoms with van der Waals surface area (Å²) in [4.78, 5) is 9.09. The van der Waals surface area contributed by atoms with Gasteiger partial charge in [-0.05, 0) is 41.1 Å². The van der Waals surface area contributed by atoms with E-state index < -0.39 is 10.0 Å². The zero-order valence-electron chi connectivity index (χ0n) is 13.3.